The Morgan fingerprint density at radius 2 is 1.61 bits per heavy atom. The lowest BCUT2D eigenvalue weighted by Gasteiger charge is -2.27. The predicted molar refractivity (Wildman–Crippen MR) is 163 cm³/mol. The number of aryl methyl sites for hydroxylation is 1. The van der Waals surface area contributed by atoms with Crippen LogP contribution in [0.2, 0.25) is 0 Å². The van der Waals surface area contributed by atoms with Crippen molar-refractivity contribution < 1.29 is 43.9 Å². The van der Waals surface area contributed by atoms with E-state index in [-0.39, 0.29) is 36.7 Å². The van der Waals surface area contributed by atoms with Crippen LogP contribution >= 0.6 is 0 Å². The van der Waals surface area contributed by atoms with E-state index in [0.29, 0.717) is 42.6 Å². The molecule has 3 atom stereocenters. The molecule has 0 radical (unpaired) electrons. The average molecular weight is 603 g/mol. The monoisotopic (exact) mass is 602 g/mol. The molecule has 9 nitrogen and oxygen atoms in total. The number of fused-ring (bicyclic) bond motifs is 1. The van der Waals surface area contributed by atoms with Gasteiger partial charge < -0.3 is 34.3 Å². The van der Waals surface area contributed by atoms with Crippen LogP contribution in [-0.2, 0) is 44.9 Å². The molecule has 1 aliphatic carbocycles. The van der Waals surface area contributed by atoms with Gasteiger partial charge >= 0.3 is 11.9 Å². The average Bonchev–Trinajstić information content (AvgIpc) is 2.99. The second-order valence-corrected chi connectivity index (χ2v) is 10.8. The maximum absolute atomic E-state index is 13.2. The van der Waals surface area contributed by atoms with Crippen molar-refractivity contribution in [3.05, 3.63) is 82.4 Å². The smallest absolute Gasteiger partial charge is 0.310 e. The first-order chi connectivity index (χ1) is 21.2. The number of carbonyl (C=O) groups is 2. The van der Waals surface area contributed by atoms with Crippen LogP contribution in [0.4, 0.5) is 0 Å². The summed E-state index contributed by atoms with van der Waals surface area (Å²) in [5.74, 6) is 5.82. The Labute approximate surface area is 257 Å². The number of carbonyl (C=O) groups excluding carboxylic acids is 2. The minimum Gasteiger partial charge on any atom is -0.504 e. The maximum Gasteiger partial charge on any atom is 0.310 e. The largest absolute Gasteiger partial charge is 0.504 e. The summed E-state index contributed by atoms with van der Waals surface area (Å²) in [6.45, 7) is 1.21. The molecular weight excluding hydrogens is 564 g/mol. The van der Waals surface area contributed by atoms with E-state index in [0.717, 1.165) is 16.7 Å². The SMILES string of the molecule is COc1cc([C@@H]2C#CCc3cc(O)c(OC)cc3CC[C@@H](OC(C)=O)C[C@@H](OC(=O)Cc3cccc(CO)c3)C2)ccc1O. The number of phenolic OH excluding ortho intramolecular Hbond substituents is 2. The Morgan fingerprint density at radius 1 is 0.864 bits per heavy atom. The molecule has 3 aromatic carbocycles. The molecule has 0 saturated heterocycles. The molecule has 0 aromatic heterocycles. The van der Waals surface area contributed by atoms with Gasteiger partial charge in [-0.15, -0.1) is 0 Å². The van der Waals surface area contributed by atoms with Gasteiger partial charge in [-0.2, -0.15) is 0 Å². The number of rotatable bonds is 8. The summed E-state index contributed by atoms with van der Waals surface area (Å²) in [5.41, 5.74) is 3.88. The molecule has 9 heteroatoms. The normalized spacial score (nSPS) is 18.3. The molecule has 0 amide bonds. The first-order valence-corrected chi connectivity index (χ1v) is 14.5. The number of aromatic hydroxyl groups is 2. The van der Waals surface area contributed by atoms with Crippen molar-refractivity contribution in [3.63, 3.8) is 0 Å². The number of ether oxygens (including phenoxy) is 4. The molecular formula is C35H38O9. The summed E-state index contributed by atoms with van der Waals surface area (Å²) in [6, 6.07) is 15.5. The Hall–Kier alpha value is -4.68. The van der Waals surface area contributed by atoms with Crippen molar-refractivity contribution in [1.82, 2.24) is 0 Å². The Morgan fingerprint density at radius 3 is 2.34 bits per heavy atom. The van der Waals surface area contributed by atoms with Crippen molar-refractivity contribution in [1.29, 1.82) is 0 Å². The van der Waals surface area contributed by atoms with Crippen molar-refractivity contribution in [3.8, 4) is 34.8 Å². The molecule has 0 unspecified atom stereocenters. The van der Waals surface area contributed by atoms with Gasteiger partial charge in [0, 0.05) is 32.1 Å². The van der Waals surface area contributed by atoms with Gasteiger partial charge in [-0.05, 0) is 64.9 Å². The molecule has 44 heavy (non-hydrogen) atoms. The van der Waals surface area contributed by atoms with Crippen LogP contribution in [-0.4, -0.2) is 53.7 Å². The fourth-order valence-electron chi connectivity index (χ4n) is 5.43. The minimum absolute atomic E-state index is 0.00259. The lowest BCUT2D eigenvalue weighted by molar-refractivity contribution is -0.154. The van der Waals surface area contributed by atoms with Crippen LogP contribution in [0.1, 0.15) is 59.9 Å². The van der Waals surface area contributed by atoms with E-state index in [1.54, 1.807) is 48.5 Å². The zero-order valence-electron chi connectivity index (χ0n) is 25.2. The number of aliphatic hydroxyl groups excluding tert-OH is 1. The molecule has 0 bridgehead atoms. The van der Waals surface area contributed by atoms with Crippen LogP contribution in [0.15, 0.2) is 54.6 Å². The number of methoxy groups -OCH3 is 2. The number of hydrogen-bond acceptors (Lipinski definition) is 9. The summed E-state index contributed by atoms with van der Waals surface area (Å²) >= 11 is 0. The fourth-order valence-corrected chi connectivity index (χ4v) is 5.43. The molecule has 232 valence electrons. The van der Waals surface area contributed by atoms with Gasteiger partial charge in [0.1, 0.15) is 12.2 Å². The van der Waals surface area contributed by atoms with Crippen molar-refractivity contribution in [2.24, 2.45) is 0 Å². The van der Waals surface area contributed by atoms with E-state index in [9.17, 15) is 24.9 Å². The van der Waals surface area contributed by atoms with Crippen LogP contribution < -0.4 is 9.47 Å². The van der Waals surface area contributed by atoms with Crippen molar-refractivity contribution in [2.45, 2.75) is 70.2 Å². The summed E-state index contributed by atoms with van der Waals surface area (Å²) in [5, 5.41) is 30.1. The van der Waals surface area contributed by atoms with E-state index in [2.05, 4.69) is 11.8 Å². The van der Waals surface area contributed by atoms with E-state index in [4.69, 9.17) is 18.9 Å². The van der Waals surface area contributed by atoms with Gasteiger partial charge in [0.15, 0.2) is 23.0 Å². The second-order valence-electron chi connectivity index (χ2n) is 10.8. The number of aliphatic hydroxyl groups is 1. The molecule has 1 aliphatic rings. The zero-order chi connectivity index (χ0) is 31.6. The minimum atomic E-state index is -0.666. The Kier molecular flexibility index (Phi) is 11.1. The Bertz CT molecular complexity index is 1530. The highest BCUT2D eigenvalue weighted by Crippen LogP contribution is 2.34. The number of benzene rings is 3. The first kappa shape index (κ1) is 32.2. The van der Waals surface area contributed by atoms with Gasteiger partial charge in [0.25, 0.3) is 0 Å². The highest BCUT2D eigenvalue weighted by molar-refractivity contribution is 5.73. The highest BCUT2D eigenvalue weighted by Gasteiger charge is 2.27. The van der Waals surface area contributed by atoms with E-state index < -0.39 is 30.1 Å². The molecule has 0 heterocycles. The standard InChI is InChI=1S/C35H38O9/c1-22(37)43-29-12-10-27-19-34(42-3)32(39)17-26(27)9-5-8-25(28-11-13-31(38)33(18-28)41-2)16-30(20-29)44-35(40)15-23-6-4-7-24(14-23)21-36/h4,6-7,11,13-14,17-19,25,29-30,36,38-39H,9-10,12,15-16,20-21H2,1-3H3/t25-,29-,30+/m1/s1. The van der Waals surface area contributed by atoms with E-state index in [1.807, 2.05) is 0 Å². The van der Waals surface area contributed by atoms with E-state index in [1.165, 1.54) is 27.2 Å². The number of hydrogen-bond donors (Lipinski definition) is 3. The summed E-state index contributed by atoms with van der Waals surface area (Å²) in [7, 11) is 2.94. The summed E-state index contributed by atoms with van der Waals surface area (Å²) in [4.78, 5) is 25.4. The molecule has 0 fully saturated rings. The third-order valence-corrected chi connectivity index (χ3v) is 7.58. The van der Waals surface area contributed by atoms with Crippen LogP contribution in [0.25, 0.3) is 0 Å². The Balaban J connectivity index is 1.72. The molecule has 4 rings (SSSR count). The van der Waals surface area contributed by atoms with Gasteiger partial charge in [0.05, 0.1) is 27.2 Å². The topological polar surface area (TPSA) is 132 Å². The van der Waals surface area contributed by atoms with Crippen LogP contribution in [0, 0.1) is 11.8 Å². The quantitative estimate of drug-likeness (QED) is 0.247. The molecule has 3 N–H and O–H groups in total. The maximum atomic E-state index is 13.2. The third kappa shape index (κ3) is 8.68. The lowest BCUT2D eigenvalue weighted by atomic mass is 9.88. The zero-order valence-corrected chi connectivity index (χ0v) is 25.2. The molecule has 0 saturated carbocycles. The third-order valence-electron chi connectivity index (χ3n) is 7.58. The predicted octanol–water partition coefficient (Wildman–Crippen LogP) is 4.75. The summed E-state index contributed by atoms with van der Waals surface area (Å²) in [6.07, 6.45) is 0.586. The van der Waals surface area contributed by atoms with Gasteiger partial charge in [-0.3, -0.25) is 9.59 Å². The van der Waals surface area contributed by atoms with Gasteiger partial charge in [0.2, 0.25) is 0 Å². The van der Waals surface area contributed by atoms with Crippen molar-refractivity contribution in [2.75, 3.05) is 14.2 Å². The summed E-state index contributed by atoms with van der Waals surface area (Å²) < 4.78 is 22.4. The number of phenols is 2. The fraction of sp³-hybridized carbons (Fsp3) is 0.371. The highest BCUT2D eigenvalue weighted by atomic mass is 16.6. The first-order valence-electron chi connectivity index (χ1n) is 14.5. The van der Waals surface area contributed by atoms with Gasteiger partial charge in [-0.1, -0.05) is 42.2 Å². The van der Waals surface area contributed by atoms with Crippen molar-refractivity contribution >= 4 is 11.9 Å². The lowest BCUT2D eigenvalue weighted by Crippen LogP contribution is -2.29. The molecule has 3 aromatic rings. The second kappa shape index (κ2) is 15.2. The van der Waals surface area contributed by atoms with Crippen LogP contribution in [0.3, 0.4) is 0 Å². The van der Waals surface area contributed by atoms with E-state index >= 15 is 0 Å². The number of esters is 2. The molecule has 0 aliphatic heterocycles. The van der Waals surface area contributed by atoms with Gasteiger partial charge in [-0.25, -0.2) is 0 Å². The molecule has 0 spiro atoms. The van der Waals surface area contributed by atoms with Crippen LogP contribution in [0.5, 0.6) is 23.0 Å².